The van der Waals surface area contributed by atoms with Crippen molar-refractivity contribution in [1.82, 2.24) is 14.8 Å². The Morgan fingerprint density at radius 3 is 2.24 bits per heavy atom. The quantitative estimate of drug-likeness (QED) is 0.191. The van der Waals surface area contributed by atoms with Crippen molar-refractivity contribution in [2.75, 3.05) is 6.61 Å². The second-order valence-corrected chi connectivity index (χ2v) is 9.36. The van der Waals surface area contributed by atoms with Crippen molar-refractivity contribution in [2.24, 2.45) is 0 Å². The predicted molar refractivity (Wildman–Crippen MR) is 133 cm³/mol. The number of halogens is 3. The van der Waals surface area contributed by atoms with E-state index >= 15 is 0 Å². The number of carbonyl (C=O) groups is 2. The number of aryl methyl sites for hydroxylation is 1. The Morgan fingerprint density at radius 1 is 0.970 bits per heavy atom. The highest BCUT2D eigenvalue weighted by Gasteiger charge is 2.21. The van der Waals surface area contributed by atoms with Gasteiger partial charge in [-0.3, -0.25) is 4.79 Å². The Hall–Kier alpha value is -2.81. The molecule has 0 saturated heterocycles. The standard InChI is InChI=1S/C24H16Br2ClN3O3/c1-14-2-11-19(12-20(14)27)30-23(16-5-9-18(26)10-6-16)28-22(29-30)24(32)33-13-21(31)15-3-7-17(25)8-4-15/h2-12H,13H2,1H3. The van der Waals surface area contributed by atoms with E-state index in [0.717, 1.165) is 20.1 Å². The second-order valence-electron chi connectivity index (χ2n) is 7.12. The lowest BCUT2D eigenvalue weighted by atomic mass is 10.1. The van der Waals surface area contributed by atoms with Gasteiger partial charge in [0.15, 0.2) is 18.2 Å². The molecule has 0 aliphatic heterocycles. The molecule has 4 rings (SSSR count). The SMILES string of the molecule is Cc1ccc(-n2nc(C(=O)OCC(=O)c3ccc(Br)cc3)nc2-c2ccc(Br)cc2)cc1Cl. The van der Waals surface area contributed by atoms with Gasteiger partial charge in [0.1, 0.15) is 0 Å². The van der Waals surface area contributed by atoms with Gasteiger partial charge in [-0.05, 0) is 48.9 Å². The number of carbonyl (C=O) groups excluding carboxylic acids is 2. The van der Waals surface area contributed by atoms with Crippen LogP contribution in [0.15, 0.2) is 75.7 Å². The van der Waals surface area contributed by atoms with Crippen molar-refractivity contribution in [1.29, 1.82) is 0 Å². The number of Topliss-reactive ketones (excluding diaryl/α,β-unsaturated/α-hetero) is 1. The molecule has 33 heavy (non-hydrogen) atoms. The largest absolute Gasteiger partial charge is 0.451 e. The van der Waals surface area contributed by atoms with Gasteiger partial charge in [-0.2, -0.15) is 0 Å². The number of hydrogen-bond acceptors (Lipinski definition) is 5. The van der Waals surface area contributed by atoms with Crippen LogP contribution in [-0.4, -0.2) is 33.1 Å². The van der Waals surface area contributed by atoms with E-state index in [0.29, 0.717) is 22.1 Å². The van der Waals surface area contributed by atoms with Crippen LogP contribution in [0.25, 0.3) is 17.1 Å². The minimum Gasteiger partial charge on any atom is -0.451 e. The summed E-state index contributed by atoms with van der Waals surface area (Å²) in [6, 6.07) is 19.7. The first-order chi connectivity index (χ1) is 15.8. The molecule has 0 saturated carbocycles. The predicted octanol–water partition coefficient (Wildman–Crippen LogP) is 6.46. The van der Waals surface area contributed by atoms with Crippen LogP contribution >= 0.6 is 43.5 Å². The molecule has 0 radical (unpaired) electrons. The van der Waals surface area contributed by atoms with Crippen molar-refractivity contribution >= 4 is 55.2 Å². The number of rotatable bonds is 6. The third-order valence-corrected chi connectivity index (χ3v) is 6.26. The van der Waals surface area contributed by atoms with Gasteiger partial charge < -0.3 is 4.74 Å². The molecular formula is C24H16Br2ClN3O3. The van der Waals surface area contributed by atoms with Crippen LogP contribution in [-0.2, 0) is 4.74 Å². The van der Waals surface area contributed by atoms with Gasteiger partial charge in [0.25, 0.3) is 5.82 Å². The van der Waals surface area contributed by atoms with E-state index in [9.17, 15) is 9.59 Å². The Morgan fingerprint density at radius 2 is 1.61 bits per heavy atom. The number of aromatic nitrogens is 3. The maximum Gasteiger partial charge on any atom is 0.378 e. The van der Waals surface area contributed by atoms with Gasteiger partial charge in [0.05, 0.1) is 5.69 Å². The molecule has 0 unspecified atom stereocenters. The van der Waals surface area contributed by atoms with E-state index < -0.39 is 12.6 Å². The third kappa shape index (κ3) is 5.40. The first kappa shape index (κ1) is 23.4. The number of ketones is 1. The van der Waals surface area contributed by atoms with Crippen molar-refractivity contribution in [3.8, 4) is 17.1 Å². The maximum atomic E-state index is 12.7. The fourth-order valence-electron chi connectivity index (χ4n) is 2.99. The van der Waals surface area contributed by atoms with Crippen molar-refractivity contribution < 1.29 is 14.3 Å². The highest BCUT2D eigenvalue weighted by molar-refractivity contribution is 9.10. The molecule has 1 heterocycles. The van der Waals surface area contributed by atoms with Gasteiger partial charge in [0.2, 0.25) is 0 Å². The lowest BCUT2D eigenvalue weighted by molar-refractivity contribution is 0.0462. The maximum absolute atomic E-state index is 12.7. The normalized spacial score (nSPS) is 10.8. The van der Waals surface area contributed by atoms with Crippen LogP contribution in [0.2, 0.25) is 5.02 Å². The molecule has 4 aromatic rings. The van der Waals surface area contributed by atoms with E-state index in [1.807, 2.05) is 43.3 Å². The summed E-state index contributed by atoms with van der Waals surface area (Å²) in [7, 11) is 0. The number of hydrogen-bond donors (Lipinski definition) is 0. The van der Waals surface area contributed by atoms with Gasteiger partial charge in [-0.1, -0.05) is 73.8 Å². The van der Waals surface area contributed by atoms with E-state index in [-0.39, 0.29) is 11.6 Å². The van der Waals surface area contributed by atoms with Crippen LogP contribution in [0, 0.1) is 6.92 Å². The smallest absolute Gasteiger partial charge is 0.378 e. The summed E-state index contributed by atoms with van der Waals surface area (Å²) in [5.74, 6) is -0.841. The average molecular weight is 590 g/mol. The summed E-state index contributed by atoms with van der Waals surface area (Å²) in [4.78, 5) is 29.4. The Bertz CT molecular complexity index is 1340. The zero-order valence-electron chi connectivity index (χ0n) is 17.3. The lowest BCUT2D eigenvalue weighted by Crippen LogP contribution is -2.15. The zero-order valence-corrected chi connectivity index (χ0v) is 21.2. The molecule has 3 aromatic carbocycles. The summed E-state index contributed by atoms with van der Waals surface area (Å²) >= 11 is 13.0. The molecule has 0 fully saturated rings. The molecule has 1 aromatic heterocycles. The van der Waals surface area contributed by atoms with E-state index in [1.165, 1.54) is 4.68 Å². The zero-order chi connectivity index (χ0) is 23.5. The van der Waals surface area contributed by atoms with Crippen LogP contribution in [0.4, 0.5) is 0 Å². The van der Waals surface area contributed by atoms with E-state index in [4.69, 9.17) is 16.3 Å². The van der Waals surface area contributed by atoms with Gasteiger partial charge in [-0.15, -0.1) is 5.10 Å². The Labute approximate surface area is 211 Å². The van der Waals surface area contributed by atoms with Crippen LogP contribution in [0.3, 0.4) is 0 Å². The van der Waals surface area contributed by atoms with Crippen molar-refractivity contribution in [3.63, 3.8) is 0 Å². The molecule has 0 bridgehead atoms. The first-order valence-corrected chi connectivity index (χ1v) is 11.7. The molecule has 6 nitrogen and oxygen atoms in total. The fourth-order valence-corrected chi connectivity index (χ4v) is 3.70. The minimum absolute atomic E-state index is 0.159. The molecule has 0 spiro atoms. The number of esters is 1. The number of ether oxygens (including phenoxy) is 1. The summed E-state index contributed by atoms with van der Waals surface area (Å²) in [5.41, 5.74) is 2.74. The Kier molecular flexibility index (Phi) is 7.07. The number of benzene rings is 3. The van der Waals surface area contributed by atoms with E-state index in [2.05, 4.69) is 41.9 Å². The molecule has 9 heteroatoms. The summed E-state index contributed by atoms with van der Waals surface area (Å²) < 4.78 is 8.49. The Balaban J connectivity index is 1.63. The molecule has 0 N–H and O–H groups in total. The minimum atomic E-state index is -0.796. The highest BCUT2D eigenvalue weighted by Crippen LogP contribution is 2.26. The summed E-state index contributed by atoms with van der Waals surface area (Å²) in [6.45, 7) is 1.48. The molecule has 166 valence electrons. The lowest BCUT2D eigenvalue weighted by Gasteiger charge is -2.07. The topological polar surface area (TPSA) is 74.1 Å². The molecule has 0 aliphatic carbocycles. The van der Waals surface area contributed by atoms with Crippen molar-refractivity contribution in [3.05, 3.63) is 97.6 Å². The van der Waals surface area contributed by atoms with Crippen LogP contribution in [0.5, 0.6) is 0 Å². The third-order valence-electron chi connectivity index (χ3n) is 4.79. The number of nitrogens with zero attached hydrogens (tertiary/aromatic N) is 3. The highest BCUT2D eigenvalue weighted by atomic mass is 79.9. The molecule has 0 amide bonds. The first-order valence-electron chi connectivity index (χ1n) is 9.77. The molecular weight excluding hydrogens is 574 g/mol. The van der Waals surface area contributed by atoms with Crippen LogP contribution in [0.1, 0.15) is 26.5 Å². The monoisotopic (exact) mass is 587 g/mol. The van der Waals surface area contributed by atoms with Crippen molar-refractivity contribution in [2.45, 2.75) is 6.92 Å². The average Bonchev–Trinajstić information content (AvgIpc) is 3.25. The second kappa shape index (κ2) is 9.99. The summed E-state index contributed by atoms with van der Waals surface area (Å²) in [5, 5.41) is 4.92. The van der Waals surface area contributed by atoms with E-state index in [1.54, 1.807) is 30.3 Å². The molecule has 0 atom stereocenters. The fraction of sp³-hybridized carbons (Fsp3) is 0.0833. The van der Waals surface area contributed by atoms with Gasteiger partial charge in [-0.25, -0.2) is 14.5 Å². The molecule has 0 aliphatic rings. The summed E-state index contributed by atoms with van der Waals surface area (Å²) in [6.07, 6.45) is 0. The van der Waals surface area contributed by atoms with Crippen LogP contribution < -0.4 is 0 Å². The van der Waals surface area contributed by atoms with Gasteiger partial charge >= 0.3 is 5.97 Å². The van der Waals surface area contributed by atoms with Gasteiger partial charge in [0, 0.05) is 25.1 Å².